The molecule has 5 rings (SSSR count). The van der Waals surface area contributed by atoms with Gasteiger partial charge in [0.25, 0.3) is 0 Å². The number of carbonyl (C=O) groups is 3. The Kier molecular flexibility index (Phi) is 10.7. The smallest absolute Gasteiger partial charge is 0.416 e. The van der Waals surface area contributed by atoms with Crippen LogP contribution >= 0.6 is 0 Å². The van der Waals surface area contributed by atoms with Gasteiger partial charge in [-0.15, -0.1) is 0 Å². The van der Waals surface area contributed by atoms with Crippen LogP contribution in [0.15, 0.2) is 42.6 Å². The quantitative estimate of drug-likeness (QED) is 0.126. The van der Waals surface area contributed by atoms with Crippen molar-refractivity contribution in [2.75, 3.05) is 17.2 Å². The van der Waals surface area contributed by atoms with Crippen molar-refractivity contribution in [2.45, 2.75) is 69.9 Å². The largest absolute Gasteiger partial charge is 0.465 e. The normalized spacial score (nSPS) is 16.5. The van der Waals surface area contributed by atoms with Gasteiger partial charge < -0.3 is 26.4 Å². The van der Waals surface area contributed by atoms with Gasteiger partial charge in [0.2, 0.25) is 17.8 Å². The van der Waals surface area contributed by atoms with Crippen molar-refractivity contribution in [1.82, 2.24) is 30.4 Å². The minimum Gasteiger partial charge on any atom is -0.465 e. The maximum Gasteiger partial charge on any atom is 0.416 e. The predicted molar refractivity (Wildman–Crippen MR) is 174 cm³/mol. The Morgan fingerprint density at radius 1 is 0.922 bits per heavy atom. The Balaban J connectivity index is 1.27. The zero-order valence-electron chi connectivity index (χ0n) is 27.4. The minimum atomic E-state index is -4.96. The number of fused-ring (bicyclic) bond motifs is 1. The van der Waals surface area contributed by atoms with Crippen LogP contribution in [0.25, 0.3) is 22.2 Å². The Hall–Kier alpha value is -5.42. The third kappa shape index (κ3) is 9.23. The number of aryl methyl sites for hydroxylation is 2. The van der Waals surface area contributed by atoms with Crippen molar-refractivity contribution >= 4 is 40.6 Å². The van der Waals surface area contributed by atoms with E-state index >= 15 is 0 Å². The van der Waals surface area contributed by atoms with Crippen LogP contribution in [-0.2, 0) is 41.8 Å². The Bertz CT molecular complexity index is 1940. The highest BCUT2D eigenvalue weighted by Gasteiger charge is 2.37. The third-order valence-corrected chi connectivity index (χ3v) is 8.50. The van der Waals surface area contributed by atoms with Crippen LogP contribution in [0.3, 0.4) is 0 Å². The molecule has 0 radical (unpaired) electrons. The predicted octanol–water partition coefficient (Wildman–Crippen LogP) is 5.92. The van der Waals surface area contributed by atoms with Gasteiger partial charge >= 0.3 is 18.4 Å². The number of nitrogens with one attached hydrogen (secondary N) is 4. The molecule has 272 valence electrons. The van der Waals surface area contributed by atoms with E-state index in [9.17, 15) is 40.7 Å². The van der Waals surface area contributed by atoms with Crippen molar-refractivity contribution in [3.8, 4) is 11.3 Å². The van der Waals surface area contributed by atoms with Gasteiger partial charge in [0.05, 0.1) is 35.3 Å². The lowest BCUT2D eigenvalue weighted by atomic mass is 9.91. The second kappa shape index (κ2) is 14.8. The molecule has 3 amide bonds. The highest BCUT2D eigenvalue weighted by atomic mass is 19.4. The number of halogens is 6. The molecule has 1 fully saturated rings. The fourth-order valence-electron chi connectivity index (χ4n) is 6.06. The maximum absolute atomic E-state index is 13.5. The molecule has 2 heterocycles. The summed E-state index contributed by atoms with van der Waals surface area (Å²) in [5.41, 5.74) is -0.623. The summed E-state index contributed by atoms with van der Waals surface area (Å²) in [4.78, 5) is 44.5. The Morgan fingerprint density at radius 3 is 2.27 bits per heavy atom. The van der Waals surface area contributed by atoms with Crippen molar-refractivity contribution in [1.29, 1.82) is 0 Å². The molecule has 1 aliphatic carbocycles. The SMILES string of the molecule is CCc1cc(-c2cc(NC(=O)Cc3cc(C(F)(F)F)ccc3C(F)(F)F)nn2C)cc2cnc(NC3CCC(NC(=O)CNC(=O)O)CC3)nc12. The molecule has 0 aliphatic heterocycles. The van der Waals surface area contributed by atoms with E-state index in [2.05, 4.69) is 26.0 Å². The molecular formula is C33H34F6N8O4. The van der Waals surface area contributed by atoms with Gasteiger partial charge in [0.15, 0.2) is 5.82 Å². The van der Waals surface area contributed by atoms with E-state index in [0.29, 0.717) is 65.6 Å². The minimum absolute atomic E-state index is 0.00167. The number of hydrogen-bond acceptors (Lipinski definition) is 7. The van der Waals surface area contributed by atoms with Crippen LogP contribution in [0.1, 0.15) is 54.9 Å². The molecule has 1 aliphatic rings. The van der Waals surface area contributed by atoms with E-state index in [1.807, 2.05) is 24.4 Å². The van der Waals surface area contributed by atoms with Crippen LogP contribution in [0, 0.1) is 0 Å². The average molecular weight is 721 g/mol. The van der Waals surface area contributed by atoms with Crippen LogP contribution in [0.4, 0.5) is 42.9 Å². The van der Waals surface area contributed by atoms with Crippen molar-refractivity contribution in [3.63, 3.8) is 0 Å². The summed E-state index contributed by atoms with van der Waals surface area (Å²) in [5, 5.41) is 24.2. The Labute approximate surface area is 287 Å². The molecule has 0 unspecified atom stereocenters. The second-order valence-electron chi connectivity index (χ2n) is 12.2. The number of rotatable bonds is 10. The molecule has 12 nitrogen and oxygen atoms in total. The molecule has 2 aromatic heterocycles. The number of benzene rings is 2. The summed E-state index contributed by atoms with van der Waals surface area (Å²) in [6, 6.07) is 6.21. The summed E-state index contributed by atoms with van der Waals surface area (Å²) in [7, 11) is 1.60. The molecular weight excluding hydrogens is 686 g/mol. The molecule has 5 N–H and O–H groups in total. The fourth-order valence-corrected chi connectivity index (χ4v) is 6.06. The summed E-state index contributed by atoms with van der Waals surface area (Å²) < 4.78 is 81.6. The lowest BCUT2D eigenvalue weighted by Crippen LogP contribution is -2.44. The molecule has 4 aromatic rings. The third-order valence-electron chi connectivity index (χ3n) is 8.50. The zero-order valence-corrected chi connectivity index (χ0v) is 27.4. The second-order valence-corrected chi connectivity index (χ2v) is 12.2. The lowest BCUT2D eigenvalue weighted by molar-refractivity contribution is -0.142. The van der Waals surface area contributed by atoms with Crippen molar-refractivity contribution < 1.29 is 45.8 Å². The van der Waals surface area contributed by atoms with Gasteiger partial charge in [0, 0.05) is 42.3 Å². The number of alkyl halides is 6. The Morgan fingerprint density at radius 2 is 1.63 bits per heavy atom. The zero-order chi connectivity index (χ0) is 37.1. The molecule has 0 spiro atoms. The topological polar surface area (TPSA) is 163 Å². The number of nitrogens with zero attached hydrogens (tertiary/aromatic N) is 4. The first-order valence-electron chi connectivity index (χ1n) is 15.9. The van der Waals surface area contributed by atoms with Crippen molar-refractivity contribution in [3.05, 3.63) is 64.8 Å². The summed E-state index contributed by atoms with van der Waals surface area (Å²) in [6.07, 6.45) is -6.95. The number of aromatic nitrogens is 4. The molecule has 0 bridgehead atoms. The number of carbonyl (C=O) groups excluding carboxylic acids is 2. The average Bonchev–Trinajstić information content (AvgIpc) is 3.42. The van der Waals surface area contributed by atoms with Crippen molar-refractivity contribution in [2.24, 2.45) is 7.05 Å². The van der Waals surface area contributed by atoms with E-state index in [1.165, 1.54) is 10.7 Å². The summed E-state index contributed by atoms with van der Waals surface area (Å²) >= 11 is 0. The molecule has 2 aromatic carbocycles. The first-order chi connectivity index (χ1) is 24.0. The first-order valence-corrected chi connectivity index (χ1v) is 15.9. The van der Waals surface area contributed by atoms with Crippen LogP contribution in [0.2, 0.25) is 0 Å². The van der Waals surface area contributed by atoms with Gasteiger partial charge in [-0.05, 0) is 73.6 Å². The maximum atomic E-state index is 13.5. The van der Waals surface area contributed by atoms with Crippen LogP contribution in [-0.4, -0.2) is 61.4 Å². The number of carboxylic acid groups (broad SMARTS) is 1. The van der Waals surface area contributed by atoms with Gasteiger partial charge in [-0.1, -0.05) is 6.92 Å². The van der Waals surface area contributed by atoms with Gasteiger partial charge in [0.1, 0.15) is 0 Å². The lowest BCUT2D eigenvalue weighted by Gasteiger charge is -2.29. The van der Waals surface area contributed by atoms with Gasteiger partial charge in [-0.3, -0.25) is 14.3 Å². The van der Waals surface area contributed by atoms with E-state index in [0.717, 1.165) is 18.4 Å². The van der Waals surface area contributed by atoms with Crippen LogP contribution < -0.4 is 21.3 Å². The van der Waals surface area contributed by atoms with E-state index in [1.54, 1.807) is 13.2 Å². The standard InChI is InChI=1S/C33H34F6N8O4/c1-3-17-10-19(11-20-15-40-30(45-29(17)20)43-23-7-5-22(6-8-23)42-28(49)16-41-31(50)51)25-14-26(46-47(25)2)44-27(48)13-18-12-21(32(34,35)36)4-9-24(18)33(37,38)39/h4,9-12,14-15,22-23,41H,3,5-8,13,16H2,1-2H3,(H,42,49)(H,50,51)(H,40,43,45)(H,44,46,48). The highest BCUT2D eigenvalue weighted by Crippen LogP contribution is 2.37. The van der Waals surface area contributed by atoms with Gasteiger partial charge in [-0.25, -0.2) is 14.8 Å². The highest BCUT2D eigenvalue weighted by molar-refractivity contribution is 5.93. The molecule has 1 saturated carbocycles. The summed E-state index contributed by atoms with van der Waals surface area (Å²) in [5.74, 6) is -0.930. The molecule has 0 saturated heterocycles. The van der Waals surface area contributed by atoms with E-state index in [-0.39, 0.29) is 30.4 Å². The van der Waals surface area contributed by atoms with E-state index < -0.39 is 47.5 Å². The van der Waals surface area contributed by atoms with Gasteiger partial charge in [-0.2, -0.15) is 31.4 Å². The molecule has 0 atom stereocenters. The van der Waals surface area contributed by atoms with Crippen LogP contribution in [0.5, 0.6) is 0 Å². The monoisotopic (exact) mass is 720 g/mol. The first kappa shape index (κ1) is 36.9. The number of hydrogen-bond donors (Lipinski definition) is 5. The molecule has 51 heavy (non-hydrogen) atoms. The fraction of sp³-hybridized carbons (Fsp3) is 0.394. The number of anilines is 2. The molecule has 18 heteroatoms. The van der Waals surface area contributed by atoms with E-state index in [4.69, 9.17) is 10.1 Å². The summed E-state index contributed by atoms with van der Waals surface area (Å²) in [6.45, 7) is 1.65. The number of amides is 3.